The Kier molecular flexibility index (Phi) is 4.15. The zero-order chi connectivity index (χ0) is 19.5. The molecule has 10 heteroatoms. The van der Waals surface area contributed by atoms with Gasteiger partial charge in [-0.1, -0.05) is 0 Å². The van der Waals surface area contributed by atoms with Gasteiger partial charge in [0.2, 0.25) is 10.0 Å². The summed E-state index contributed by atoms with van der Waals surface area (Å²) in [6, 6.07) is 0. The highest BCUT2D eigenvalue weighted by Gasteiger charge is 2.55. The molecule has 2 aliphatic heterocycles. The number of sulfonamides is 1. The minimum atomic E-state index is -3.17. The van der Waals surface area contributed by atoms with Crippen molar-refractivity contribution in [1.82, 2.24) is 29.1 Å². The van der Waals surface area contributed by atoms with Crippen molar-refractivity contribution in [3.8, 4) is 0 Å². The molecular weight excluding hydrogens is 378 g/mol. The Hall–Kier alpha value is -1.78. The highest BCUT2D eigenvalue weighted by molar-refractivity contribution is 7.89. The standard InChI is InChI=1S/C18H27N7O2S/c1-23(2)8-18-9-24(17-15-16(20-11-19-15)21-12-22-17)5-14(18)6-25(10-18)28(26,27)7-13-3-4-13/h11-14H,3-10H2,1-2H3,(H,19,20,21,22)/t14-,18+/m0/s1. The Balaban J connectivity index is 1.43. The summed E-state index contributed by atoms with van der Waals surface area (Å²) in [7, 11) is 0.960. The summed E-state index contributed by atoms with van der Waals surface area (Å²) in [5.41, 5.74) is 1.43. The summed E-state index contributed by atoms with van der Waals surface area (Å²) in [4.78, 5) is 20.6. The topological polar surface area (TPSA) is 98.3 Å². The number of nitrogens with one attached hydrogen (secondary N) is 1. The van der Waals surface area contributed by atoms with E-state index in [0.29, 0.717) is 30.4 Å². The number of anilines is 1. The molecule has 2 atom stereocenters. The van der Waals surface area contributed by atoms with Crippen LogP contribution in [-0.4, -0.2) is 90.1 Å². The number of imidazole rings is 1. The average Bonchev–Trinajstić information content (AvgIpc) is 3.04. The van der Waals surface area contributed by atoms with E-state index in [0.717, 1.165) is 43.8 Å². The van der Waals surface area contributed by atoms with Crippen molar-refractivity contribution in [2.75, 3.05) is 57.5 Å². The summed E-state index contributed by atoms with van der Waals surface area (Å²) in [6.45, 7) is 3.65. The SMILES string of the molecule is CN(C)C[C@]12CN(c3ncnc4nc[nH]c34)C[C@H]1CN(S(=O)(=O)CC1CC1)C2. The van der Waals surface area contributed by atoms with Crippen LogP contribution in [-0.2, 0) is 10.0 Å². The second-order valence-electron chi connectivity index (χ2n) is 8.99. The molecule has 0 radical (unpaired) electrons. The van der Waals surface area contributed by atoms with Gasteiger partial charge in [0.15, 0.2) is 11.5 Å². The fourth-order valence-corrected chi connectivity index (χ4v) is 7.04. The van der Waals surface area contributed by atoms with Gasteiger partial charge in [0.05, 0.1) is 12.1 Å². The molecule has 152 valence electrons. The first-order valence-electron chi connectivity index (χ1n) is 9.88. The Labute approximate surface area is 165 Å². The van der Waals surface area contributed by atoms with E-state index in [9.17, 15) is 8.42 Å². The van der Waals surface area contributed by atoms with Crippen molar-refractivity contribution < 1.29 is 8.42 Å². The van der Waals surface area contributed by atoms with E-state index in [4.69, 9.17) is 0 Å². The van der Waals surface area contributed by atoms with Crippen LogP contribution in [0.2, 0.25) is 0 Å². The van der Waals surface area contributed by atoms with Crippen LogP contribution in [0.5, 0.6) is 0 Å². The fraction of sp³-hybridized carbons (Fsp3) is 0.722. The average molecular weight is 406 g/mol. The van der Waals surface area contributed by atoms with Crippen molar-refractivity contribution in [2.24, 2.45) is 17.3 Å². The summed E-state index contributed by atoms with van der Waals surface area (Å²) < 4.78 is 27.6. The number of H-pyrrole nitrogens is 1. The zero-order valence-corrected chi connectivity index (χ0v) is 17.2. The first-order valence-corrected chi connectivity index (χ1v) is 11.5. The molecule has 0 amide bonds. The molecule has 4 heterocycles. The molecule has 3 aliphatic rings. The van der Waals surface area contributed by atoms with E-state index < -0.39 is 10.0 Å². The van der Waals surface area contributed by atoms with Crippen LogP contribution < -0.4 is 4.90 Å². The molecule has 0 spiro atoms. The summed E-state index contributed by atoms with van der Waals surface area (Å²) in [6.07, 6.45) is 5.31. The highest BCUT2D eigenvalue weighted by Crippen LogP contribution is 2.46. The maximum Gasteiger partial charge on any atom is 0.214 e. The van der Waals surface area contributed by atoms with E-state index in [1.165, 1.54) is 0 Å². The summed E-state index contributed by atoms with van der Waals surface area (Å²) >= 11 is 0. The monoisotopic (exact) mass is 405 g/mol. The van der Waals surface area contributed by atoms with Gasteiger partial charge in [0, 0.05) is 44.1 Å². The van der Waals surface area contributed by atoms with Gasteiger partial charge < -0.3 is 14.8 Å². The van der Waals surface area contributed by atoms with Gasteiger partial charge in [-0.05, 0) is 32.9 Å². The fourth-order valence-electron chi connectivity index (χ4n) is 5.04. The molecule has 2 aromatic rings. The van der Waals surface area contributed by atoms with Crippen LogP contribution in [0.4, 0.5) is 5.82 Å². The second kappa shape index (κ2) is 6.36. The van der Waals surface area contributed by atoms with Gasteiger partial charge in [0.1, 0.15) is 11.8 Å². The molecular formula is C18H27N7O2S. The largest absolute Gasteiger partial charge is 0.354 e. The molecule has 2 saturated heterocycles. The van der Waals surface area contributed by atoms with Gasteiger partial charge in [0.25, 0.3) is 0 Å². The lowest BCUT2D eigenvalue weighted by Crippen LogP contribution is -2.43. The van der Waals surface area contributed by atoms with Gasteiger partial charge in [-0.15, -0.1) is 0 Å². The molecule has 0 aromatic carbocycles. The number of fused-ring (bicyclic) bond motifs is 2. The molecule has 0 bridgehead atoms. The Bertz CT molecular complexity index is 987. The van der Waals surface area contributed by atoms with Crippen LogP contribution in [0.15, 0.2) is 12.7 Å². The van der Waals surface area contributed by atoms with E-state index in [1.54, 1.807) is 17.0 Å². The Morgan fingerprint density at radius 3 is 2.79 bits per heavy atom. The number of aromatic amines is 1. The predicted octanol–water partition coefficient (Wildman–Crippen LogP) is 0.393. The lowest BCUT2D eigenvalue weighted by Gasteiger charge is -2.32. The maximum atomic E-state index is 12.9. The zero-order valence-electron chi connectivity index (χ0n) is 16.4. The van der Waals surface area contributed by atoms with Gasteiger partial charge >= 0.3 is 0 Å². The van der Waals surface area contributed by atoms with Gasteiger partial charge in [-0.25, -0.2) is 27.7 Å². The molecule has 1 saturated carbocycles. The predicted molar refractivity (Wildman–Crippen MR) is 106 cm³/mol. The van der Waals surface area contributed by atoms with E-state index in [1.807, 2.05) is 0 Å². The number of hydrogen-bond donors (Lipinski definition) is 1. The Morgan fingerprint density at radius 1 is 1.21 bits per heavy atom. The van der Waals surface area contributed by atoms with Crippen LogP contribution in [0.1, 0.15) is 12.8 Å². The lowest BCUT2D eigenvalue weighted by atomic mass is 9.80. The van der Waals surface area contributed by atoms with Gasteiger partial charge in [-0.2, -0.15) is 0 Å². The molecule has 28 heavy (non-hydrogen) atoms. The minimum Gasteiger partial charge on any atom is -0.354 e. The highest BCUT2D eigenvalue weighted by atomic mass is 32.2. The number of nitrogens with zero attached hydrogens (tertiary/aromatic N) is 6. The van der Waals surface area contributed by atoms with Crippen molar-refractivity contribution >= 4 is 27.0 Å². The third-order valence-electron chi connectivity index (χ3n) is 6.40. The van der Waals surface area contributed by atoms with Gasteiger partial charge in [-0.3, -0.25) is 0 Å². The van der Waals surface area contributed by atoms with E-state index in [2.05, 4.69) is 43.8 Å². The molecule has 0 unspecified atom stereocenters. The van der Waals surface area contributed by atoms with Crippen molar-refractivity contribution in [3.05, 3.63) is 12.7 Å². The maximum absolute atomic E-state index is 12.9. The van der Waals surface area contributed by atoms with Crippen molar-refractivity contribution in [2.45, 2.75) is 12.8 Å². The summed E-state index contributed by atoms with van der Waals surface area (Å²) in [5.74, 6) is 1.85. The summed E-state index contributed by atoms with van der Waals surface area (Å²) in [5, 5.41) is 0. The van der Waals surface area contributed by atoms with Crippen LogP contribution in [0, 0.1) is 17.3 Å². The quantitative estimate of drug-likeness (QED) is 0.742. The first-order chi connectivity index (χ1) is 13.4. The number of rotatable bonds is 6. The van der Waals surface area contributed by atoms with Crippen molar-refractivity contribution in [1.29, 1.82) is 0 Å². The minimum absolute atomic E-state index is 0.0859. The number of hydrogen-bond acceptors (Lipinski definition) is 7. The number of aromatic nitrogens is 4. The third-order valence-corrected chi connectivity index (χ3v) is 8.36. The molecule has 9 nitrogen and oxygen atoms in total. The Morgan fingerprint density at radius 2 is 2.04 bits per heavy atom. The third kappa shape index (κ3) is 3.07. The second-order valence-corrected chi connectivity index (χ2v) is 11.0. The molecule has 1 aliphatic carbocycles. The van der Waals surface area contributed by atoms with Crippen LogP contribution >= 0.6 is 0 Å². The van der Waals surface area contributed by atoms with Crippen LogP contribution in [0.25, 0.3) is 11.2 Å². The molecule has 1 N–H and O–H groups in total. The van der Waals surface area contributed by atoms with E-state index >= 15 is 0 Å². The normalized spacial score (nSPS) is 28.5. The van der Waals surface area contributed by atoms with E-state index in [-0.39, 0.29) is 11.3 Å². The molecule has 3 fully saturated rings. The van der Waals surface area contributed by atoms with Crippen LogP contribution in [0.3, 0.4) is 0 Å². The lowest BCUT2D eigenvalue weighted by molar-refractivity contribution is 0.200. The van der Waals surface area contributed by atoms with Crippen molar-refractivity contribution in [3.63, 3.8) is 0 Å². The first kappa shape index (κ1) is 18.3. The molecule has 2 aromatic heterocycles. The smallest absolute Gasteiger partial charge is 0.214 e. The molecule has 5 rings (SSSR count).